The van der Waals surface area contributed by atoms with Gasteiger partial charge in [0, 0.05) is 37.9 Å². The summed E-state index contributed by atoms with van der Waals surface area (Å²) in [6.45, 7) is 6.57. The predicted octanol–water partition coefficient (Wildman–Crippen LogP) is 10.2. The van der Waals surface area contributed by atoms with Crippen LogP contribution in [0.2, 0.25) is 0 Å². The van der Waals surface area contributed by atoms with Gasteiger partial charge in [-0.25, -0.2) is 0 Å². The van der Waals surface area contributed by atoms with Gasteiger partial charge in [-0.3, -0.25) is 0 Å². The number of hydrogen-bond donors (Lipinski definition) is 0. The maximum Gasteiger partial charge on any atom is 0.120 e. The number of para-hydroxylation sites is 1. The molecule has 0 atom stereocenters. The van der Waals surface area contributed by atoms with E-state index in [4.69, 9.17) is 4.42 Å². The van der Waals surface area contributed by atoms with Gasteiger partial charge in [0.25, 0.3) is 0 Å². The zero-order chi connectivity index (χ0) is 28.9. The number of pyridine rings is 2. The van der Waals surface area contributed by atoms with E-state index in [-0.39, 0.29) is 20.1 Å². The van der Waals surface area contributed by atoms with E-state index in [0.717, 1.165) is 56.4 Å². The molecule has 4 heteroatoms. The summed E-state index contributed by atoms with van der Waals surface area (Å²) in [7, 11) is 0. The monoisotopic (exact) mass is 737 g/mol. The van der Waals surface area contributed by atoms with Crippen LogP contribution in [0.15, 0.2) is 126 Å². The molecule has 215 valence electrons. The van der Waals surface area contributed by atoms with Crippen molar-refractivity contribution in [2.45, 2.75) is 27.2 Å². The molecule has 0 spiro atoms. The average molecular weight is 737 g/mol. The molecular formula is C39H32IrN2O-2. The molecular weight excluding hydrogens is 705 g/mol. The third-order valence-corrected chi connectivity index (χ3v) is 7.23. The van der Waals surface area contributed by atoms with Crippen molar-refractivity contribution in [3.8, 4) is 33.6 Å². The molecule has 7 rings (SSSR count). The molecule has 0 aliphatic rings. The van der Waals surface area contributed by atoms with Crippen molar-refractivity contribution in [3.63, 3.8) is 0 Å². The van der Waals surface area contributed by atoms with E-state index < -0.39 is 0 Å². The van der Waals surface area contributed by atoms with Gasteiger partial charge in [0.05, 0.1) is 5.58 Å². The molecule has 0 unspecified atom stereocenters. The fourth-order valence-corrected chi connectivity index (χ4v) is 5.24. The van der Waals surface area contributed by atoms with E-state index in [0.29, 0.717) is 5.92 Å². The predicted molar refractivity (Wildman–Crippen MR) is 173 cm³/mol. The summed E-state index contributed by atoms with van der Waals surface area (Å²) in [6, 6.07) is 43.3. The molecule has 0 amide bonds. The van der Waals surface area contributed by atoms with Crippen molar-refractivity contribution in [2.24, 2.45) is 5.92 Å². The fourth-order valence-electron chi connectivity index (χ4n) is 5.24. The molecule has 7 aromatic rings. The summed E-state index contributed by atoms with van der Waals surface area (Å²) < 4.78 is 6.17. The summed E-state index contributed by atoms with van der Waals surface area (Å²) in [5.74, 6) is 0.619. The second-order valence-corrected chi connectivity index (χ2v) is 10.9. The molecule has 0 saturated heterocycles. The summed E-state index contributed by atoms with van der Waals surface area (Å²) in [4.78, 5) is 9.07. The minimum atomic E-state index is 0. The Labute approximate surface area is 267 Å². The number of nitrogens with zero attached hydrogens (tertiary/aromatic N) is 2. The smallest absolute Gasteiger partial charge is 0.120 e. The van der Waals surface area contributed by atoms with Crippen LogP contribution < -0.4 is 0 Å². The van der Waals surface area contributed by atoms with E-state index in [1.807, 2.05) is 79.1 Å². The number of rotatable bonds is 5. The molecule has 0 fully saturated rings. The van der Waals surface area contributed by atoms with Crippen LogP contribution in [-0.4, -0.2) is 9.97 Å². The molecule has 0 N–H and O–H groups in total. The van der Waals surface area contributed by atoms with Crippen LogP contribution in [0.4, 0.5) is 0 Å². The van der Waals surface area contributed by atoms with Gasteiger partial charge >= 0.3 is 0 Å². The van der Waals surface area contributed by atoms with Gasteiger partial charge in [0.1, 0.15) is 5.58 Å². The molecule has 3 nitrogen and oxygen atoms in total. The zero-order valence-electron chi connectivity index (χ0n) is 24.5. The van der Waals surface area contributed by atoms with Crippen molar-refractivity contribution >= 4 is 21.9 Å². The first-order valence-electron chi connectivity index (χ1n) is 14.3. The summed E-state index contributed by atoms with van der Waals surface area (Å²) in [6.07, 6.45) is 4.84. The Hall–Kier alpha value is -4.37. The van der Waals surface area contributed by atoms with Crippen molar-refractivity contribution in [1.29, 1.82) is 0 Å². The van der Waals surface area contributed by atoms with Gasteiger partial charge in [0.15, 0.2) is 0 Å². The zero-order valence-corrected chi connectivity index (χ0v) is 26.9. The fraction of sp³-hybridized carbons (Fsp3) is 0.128. The molecule has 1 radical (unpaired) electrons. The third-order valence-electron chi connectivity index (χ3n) is 7.23. The van der Waals surface area contributed by atoms with Crippen molar-refractivity contribution < 1.29 is 24.5 Å². The van der Waals surface area contributed by atoms with Crippen LogP contribution in [0.1, 0.15) is 25.0 Å². The van der Waals surface area contributed by atoms with E-state index >= 15 is 0 Å². The number of aromatic nitrogens is 2. The topological polar surface area (TPSA) is 38.9 Å². The Balaban J connectivity index is 0.000000174. The van der Waals surface area contributed by atoms with Crippen molar-refractivity contribution in [2.75, 3.05) is 0 Å². The Kier molecular flexibility index (Phi) is 9.61. The van der Waals surface area contributed by atoms with Crippen LogP contribution in [-0.2, 0) is 26.5 Å². The van der Waals surface area contributed by atoms with Crippen LogP contribution in [0.25, 0.3) is 55.6 Å². The van der Waals surface area contributed by atoms with Gasteiger partial charge < -0.3 is 14.4 Å². The number of hydrogen-bond acceptors (Lipinski definition) is 3. The van der Waals surface area contributed by atoms with E-state index in [9.17, 15) is 0 Å². The maximum absolute atomic E-state index is 6.17. The van der Waals surface area contributed by atoms with Crippen LogP contribution in [0.3, 0.4) is 0 Å². The van der Waals surface area contributed by atoms with Crippen molar-refractivity contribution in [1.82, 2.24) is 9.97 Å². The minimum absolute atomic E-state index is 0. The summed E-state index contributed by atoms with van der Waals surface area (Å²) >= 11 is 0. The molecule has 43 heavy (non-hydrogen) atoms. The third kappa shape index (κ3) is 6.83. The SMILES string of the molecule is Cc1c[c-]c(-c2cc(CC(C)C)ccn2)c2oc3ccccc3c12.[Ir].[c-]1ccccc1-c1ccc(-c2ccccc2)cn1. The van der Waals surface area contributed by atoms with Crippen molar-refractivity contribution in [3.05, 3.63) is 145 Å². The standard InChI is InChI=1S/C22H20NO.C17H12N.Ir/c1-14(2)12-16-10-11-23-19(13-16)17-9-8-15(3)21-18-6-4-5-7-20(18)24-22(17)21;1-3-7-14(8-4-1)16-11-12-17(18-13-16)15-9-5-2-6-10-15;/h4-8,10-11,13-14H,12H2,1-3H3;1-9,11-13H;/q2*-1;. The Morgan fingerprint density at radius 3 is 2.30 bits per heavy atom. The minimum Gasteiger partial charge on any atom is -0.501 e. The molecule has 4 aromatic carbocycles. The van der Waals surface area contributed by atoms with Gasteiger partial charge in [-0.15, -0.1) is 53.6 Å². The summed E-state index contributed by atoms with van der Waals surface area (Å²) in [5, 5.41) is 2.31. The first-order valence-corrected chi connectivity index (χ1v) is 14.3. The van der Waals surface area contributed by atoms with Crippen LogP contribution in [0, 0.1) is 25.0 Å². The number of benzene rings is 4. The molecule has 3 aromatic heterocycles. The largest absolute Gasteiger partial charge is 0.501 e. The first kappa shape index (κ1) is 30.1. The van der Waals surface area contributed by atoms with Crippen LogP contribution >= 0.6 is 0 Å². The molecule has 0 aliphatic heterocycles. The van der Waals surface area contributed by atoms with Gasteiger partial charge in [0.2, 0.25) is 0 Å². The molecule has 0 bridgehead atoms. The molecule has 0 aliphatic carbocycles. The van der Waals surface area contributed by atoms with Crippen LogP contribution in [0.5, 0.6) is 0 Å². The number of aryl methyl sites for hydroxylation is 1. The summed E-state index contributed by atoms with van der Waals surface area (Å²) in [5.41, 5.74) is 10.4. The van der Waals surface area contributed by atoms with E-state index in [1.165, 1.54) is 16.7 Å². The normalized spacial score (nSPS) is 10.8. The van der Waals surface area contributed by atoms with Gasteiger partial charge in [-0.2, -0.15) is 0 Å². The maximum atomic E-state index is 6.17. The average Bonchev–Trinajstić information content (AvgIpc) is 3.43. The Morgan fingerprint density at radius 1 is 0.767 bits per heavy atom. The van der Waals surface area contributed by atoms with Gasteiger partial charge in [-0.1, -0.05) is 104 Å². The first-order chi connectivity index (χ1) is 20.6. The molecule has 0 saturated carbocycles. The number of furan rings is 1. The Morgan fingerprint density at radius 2 is 1.56 bits per heavy atom. The Bertz CT molecular complexity index is 1870. The number of fused-ring (bicyclic) bond motifs is 3. The second-order valence-electron chi connectivity index (χ2n) is 10.9. The quantitative estimate of drug-likeness (QED) is 0.165. The van der Waals surface area contributed by atoms with Gasteiger partial charge in [-0.05, 0) is 47.0 Å². The van der Waals surface area contributed by atoms with E-state index in [2.05, 4.69) is 85.3 Å². The molecule has 3 heterocycles. The van der Waals surface area contributed by atoms with E-state index in [1.54, 1.807) is 0 Å². The second kappa shape index (κ2) is 13.7.